The maximum Gasteiger partial charge on any atom is 0.246 e. The Morgan fingerprint density at radius 1 is 0.676 bits per heavy atom. The van der Waals surface area contributed by atoms with Gasteiger partial charge in [0, 0.05) is 31.3 Å². The SMILES string of the molecule is O=C([C@H](Cc1ccccc1)N1C(=O)[C@@H]2C3c4ccccc4C(c4ccccc43)[C@H]2C1=O)N1CCCCC1. The zero-order valence-electron chi connectivity index (χ0n) is 20.8. The number of nitrogens with zero attached hydrogens (tertiary/aromatic N) is 2. The second-order valence-corrected chi connectivity index (χ2v) is 10.9. The summed E-state index contributed by atoms with van der Waals surface area (Å²) in [7, 11) is 0. The predicted molar refractivity (Wildman–Crippen MR) is 140 cm³/mol. The van der Waals surface area contributed by atoms with E-state index >= 15 is 0 Å². The number of hydrogen-bond acceptors (Lipinski definition) is 3. The Hall–Kier alpha value is -3.73. The van der Waals surface area contributed by atoms with Gasteiger partial charge in [-0.2, -0.15) is 0 Å². The van der Waals surface area contributed by atoms with Crippen LogP contribution in [0, 0.1) is 11.8 Å². The second-order valence-electron chi connectivity index (χ2n) is 10.9. The first kappa shape index (κ1) is 22.5. The van der Waals surface area contributed by atoms with Crippen molar-refractivity contribution in [3.05, 3.63) is 107 Å². The van der Waals surface area contributed by atoms with Gasteiger partial charge in [0.2, 0.25) is 17.7 Å². The summed E-state index contributed by atoms with van der Waals surface area (Å²) in [6, 6.07) is 25.5. The molecule has 3 aliphatic carbocycles. The maximum atomic E-state index is 14.3. The Labute approximate surface area is 217 Å². The molecule has 0 N–H and O–H groups in total. The van der Waals surface area contributed by atoms with Crippen LogP contribution in [0.25, 0.3) is 0 Å². The standard InChI is InChI=1S/C32H30N2O3/c35-30(33-17-9-2-10-18-33)25(19-20-11-3-1-4-12-20)34-31(36)28-26-21-13-5-6-14-22(21)27(29(28)32(34)37)24-16-8-7-15-23(24)26/h1,3-8,11-16,25-29H,2,9-10,17-19H2/t25-,26?,27?,28+,29+/m0/s1. The molecule has 3 atom stereocenters. The van der Waals surface area contributed by atoms with Gasteiger partial charge in [-0.3, -0.25) is 19.3 Å². The molecule has 2 aliphatic heterocycles. The van der Waals surface area contributed by atoms with Gasteiger partial charge >= 0.3 is 0 Å². The summed E-state index contributed by atoms with van der Waals surface area (Å²) in [4.78, 5) is 45.9. The molecule has 8 rings (SSSR count). The Morgan fingerprint density at radius 2 is 1.14 bits per heavy atom. The highest BCUT2D eigenvalue weighted by Crippen LogP contribution is 2.61. The topological polar surface area (TPSA) is 57.7 Å². The van der Waals surface area contributed by atoms with Crippen LogP contribution in [-0.4, -0.2) is 46.7 Å². The monoisotopic (exact) mass is 490 g/mol. The van der Waals surface area contributed by atoms with Crippen molar-refractivity contribution < 1.29 is 14.4 Å². The molecule has 3 aromatic carbocycles. The molecule has 2 saturated heterocycles. The van der Waals surface area contributed by atoms with Crippen LogP contribution in [0.1, 0.15) is 58.9 Å². The van der Waals surface area contributed by atoms with Gasteiger partial charge in [0.1, 0.15) is 6.04 Å². The number of likely N-dealkylation sites (tertiary alicyclic amines) is 2. The Kier molecular flexibility index (Phi) is 5.27. The maximum absolute atomic E-state index is 14.3. The van der Waals surface area contributed by atoms with Crippen molar-refractivity contribution in [3.63, 3.8) is 0 Å². The van der Waals surface area contributed by atoms with Gasteiger partial charge in [0.25, 0.3) is 0 Å². The molecule has 5 heteroatoms. The van der Waals surface area contributed by atoms with E-state index in [1.807, 2.05) is 59.5 Å². The van der Waals surface area contributed by atoms with Crippen molar-refractivity contribution in [3.8, 4) is 0 Å². The van der Waals surface area contributed by atoms with E-state index in [4.69, 9.17) is 0 Å². The molecule has 2 fully saturated rings. The molecule has 2 heterocycles. The number of piperidine rings is 1. The summed E-state index contributed by atoms with van der Waals surface area (Å²) in [5, 5.41) is 0. The summed E-state index contributed by atoms with van der Waals surface area (Å²) in [6.45, 7) is 1.38. The fraction of sp³-hybridized carbons (Fsp3) is 0.344. The van der Waals surface area contributed by atoms with Gasteiger partial charge in [-0.05, 0) is 47.1 Å². The lowest BCUT2D eigenvalue weighted by atomic mass is 9.55. The summed E-state index contributed by atoms with van der Waals surface area (Å²) < 4.78 is 0. The van der Waals surface area contributed by atoms with Crippen molar-refractivity contribution in [2.45, 2.75) is 43.6 Å². The van der Waals surface area contributed by atoms with Crippen LogP contribution in [0.4, 0.5) is 0 Å². The number of rotatable bonds is 4. The molecule has 0 aromatic heterocycles. The number of carbonyl (C=O) groups is 3. The average Bonchev–Trinajstić information content (AvgIpc) is 3.22. The zero-order valence-corrected chi connectivity index (χ0v) is 20.8. The molecule has 3 aromatic rings. The van der Waals surface area contributed by atoms with Gasteiger partial charge in [-0.1, -0.05) is 78.9 Å². The van der Waals surface area contributed by atoms with Crippen molar-refractivity contribution in [2.24, 2.45) is 11.8 Å². The van der Waals surface area contributed by atoms with Crippen molar-refractivity contribution in [1.82, 2.24) is 9.80 Å². The lowest BCUT2D eigenvalue weighted by Crippen LogP contribution is -2.53. The Balaban J connectivity index is 1.32. The van der Waals surface area contributed by atoms with E-state index < -0.39 is 17.9 Å². The molecule has 37 heavy (non-hydrogen) atoms. The number of carbonyl (C=O) groups excluding carboxylic acids is 3. The van der Waals surface area contributed by atoms with E-state index in [-0.39, 0.29) is 29.6 Å². The minimum absolute atomic E-state index is 0.0914. The van der Waals surface area contributed by atoms with Gasteiger partial charge in [-0.25, -0.2) is 0 Å². The lowest BCUT2D eigenvalue weighted by molar-refractivity contribution is -0.152. The first-order chi connectivity index (χ1) is 18.1. The molecule has 3 amide bonds. The van der Waals surface area contributed by atoms with Crippen LogP contribution in [0.5, 0.6) is 0 Å². The van der Waals surface area contributed by atoms with Gasteiger partial charge in [0.05, 0.1) is 11.8 Å². The minimum atomic E-state index is -0.809. The second kappa shape index (κ2) is 8.69. The quantitative estimate of drug-likeness (QED) is 0.506. The number of benzene rings is 3. The normalized spacial score (nSPS) is 26.5. The summed E-state index contributed by atoms with van der Waals surface area (Å²) in [5.74, 6) is -1.70. The number of amides is 3. The first-order valence-electron chi connectivity index (χ1n) is 13.5. The molecule has 5 nitrogen and oxygen atoms in total. The van der Waals surface area contributed by atoms with E-state index in [0.717, 1.165) is 47.1 Å². The molecule has 186 valence electrons. The minimum Gasteiger partial charge on any atom is -0.341 e. The largest absolute Gasteiger partial charge is 0.341 e. The van der Waals surface area contributed by atoms with Crippen molar-refractivity contribution >= 4 is 17.7 Å². The summed E-state index contributed by atoms with van der Waals surface area (Å²) in [6.07, 6.45) is 3.39. The number of imide groups is 1. The predicted octanol–water partition coefficient (Wildman–Crippen LogP) is 4.50. The van der Waals surface area contributed by atoms with Crippen LogP contribution in [-0.2, 0) is 20.8 Å². The molecular formula is C32H30N2O3. The van der Waals surface area contributed by atoms with Gasteiger partial charge in [-0.15, -0.1) is 0 Å². The third-order valence-electron chi connectivity index (χ3n) is 9.02. The average molecular weight is 491 g/mol. The highest BCUT2D eigenvalue weighted by molar-refractivity contribution is 6.10. The van der Waals surface area contributed by atoms with E-state index in [0.29, 0.717) is 19.5 Å². The Bertz CT molecular complexity index is 1280. The van der Waals surface area contributed by atoms with Crippen LogP contribution in [0.3, 0.4) is 0 Å². The molecule has 0 radical (unpaired) electrons. The lowest BCUT2D eigenvalue weighted by Gasteiger charge is -2.45. The summed E-state index contributed by atoms with van der Waals surface area (Å²) in [5.41, 5.74) is 5.56. The zero-order chi connectivity index (χ0) is 25.1. The van der Waals surface area contributed by atoms with E-state index in [1.165, 1.54) is 4.90 Å². The third-order valence-corrected chi connectivity index (χ3v) is 9.02. The molecular weight excluding hydrogens is 460 g/mol. The van der Waals surface area contributed by atoms with Crippen molar-refractivity contribution in [1.29, 1.82) is 0 Å². The summed E-state index contributed by atoms with van der Waals surface area (Å²) >= 11 is 0. The smallest absolute Gasteiger partial charge is 0.246 e. The third kappa shape index (κ3) is 3.33. The van der Waals surface area contributed by atoms with E-state index in [2.05, 4.69) is 24.3 Å². The van der Waals surface area contributed by atoms with Crippen LogP contribution >= 0.6 is 0 Å². The van der Waals surface area contributed by atoms with Crippen LogP contribution in [0.2, 0.25) is 0 Å². The fourth-order valence-corrected chi connectivity index (χ4v) is 7.46. The highest BCUT2D eigenvalue weighted by atomic mass is 16.2. The van der Waals surface area contributed by atoms with Crippen molar-refractivity contribution in [2.75, 3.05) is 13.1 Å². The molecule has 5 aliphatic rings. The molecule has 0 unspecified atom stereocenters. The first-order valence-corrected chi connectivity index (χ1v) is 13.5. The Morgan fingerprint density at radius 3 is 1.62 bits per heavy atom. The highest BCUT2D eigenvalue weighted by Gasteiger charge is 2.63. The number of hydrogen-bond donors (Lipinski definition) is 0. The van der Waals surface area contributed by atoms with E-state index in [1.54, 1.807) is 0 Å². The molecule has 0 spiro atoms. The van der Waals surface area contributed by atoms with E-state index in [9.17, 15) is 14.4 Å². The van der Waals surface area contributed by atoms with Gasteiger partial charge in [0.15, 0.2) is 0 Å². The van der Waals surface area contributed by atoms with Gasteiger partial charge < -0.3 is 4.90 Å². The van der Waals surface area contributed by atoms with Crippen LogP contribution < -0.4 is 0 Å². The molecule has 2 bridgehead atoms. The fourth-order valence-electron chi connectivity index (χ4n) is 7.46. The van der Waals surface area contributed by atoms with Crippen LogP contribution in [0.15, 0.2) is 78.9 Å². The molecule has 0 saturated carbocycles.